The van der Waals surface area contributed by atoms with E-state index in [1.165, 1.54) is 10.5 Å². The lowest BCUT2D eigenvalue weighted by atomic mass is 9.79. The number of carbonyl (C=O) groups is 1. The van der Waals surface area contributed by atoms with Crippen LogP contribution in [0.3, 0.4) is 0 Å². The van der Waals surface area contributed by atoms with Crippen LogP contribution in [-0.2, 0) is 11.2 Å². The number of likely N-dealkylation sites (tertiary alicyclic amines) is 1. The number of nitrogens with two attached hydrogens (primary N) is 1. The molecule has 0 spiro atoms. The van der Waals surface area contributed by atoms with Crippen LogP contribution in [-0.4, -0.2) is 35.6 Å². The van der Waals surface area contributed by atoms with Crippen LogP contribution in [0.1, 0.15) is 32.3 Å². The highest BCUT2D eigenvalue weighted by Crippen LogP contribution is 2.29. The summed E-state index contributed by atoms with van der Waals surface area (Å²) >= 11 is 0. The van der Waals surface area contributed by atoms with Gasteiger partial charge in [0, 0.05) is 6.42 Å². The predicted octanol–water partition coefficient (Wildman–Crippen LogP) is 2.44. The third-order valence-corrected chi connectivity index (χ3v) is 4.69. The summed E-state index contributed by atoms with van der Waals surface area (Å²) in [7, 11) is 0. The number of rotatable bonds is 5. The van der Waals surface area contributed by atoms with Gasteiger partial charge in [-0.2, -0.15) is 5.26 Å². The van der Waals surface area contributed by atoms with Gasteiger partial charge in [-0.1, -0.05) is 44.2 Å². The fourth-order valence-corrected chi connectivity index (χ4v) is 2.93. The van der Waals surface area contributed by atoms with E-state index in [2.05, 4.69) is 0 Å². The summed E-state index contributed by atoms with van der Waals surface area (Å²) in [6.45, 7) is 3.87. The lowest BCUT2D eigenvalue weighted by molar-refractivity contribution is -0.135. The number of nitriles is 1. The highest BCUT2D eigenvalue weighted by Gasteiger charge is 2.41. The minimum Gasteiger partial charge on any atom is -0.322 e. The molecule has 5 heteroatoms. The number of nitrogens with zero attached hydrogens (tertiary/aromatic N) is 2. The van der Waals surface area contributed by atoms with Crippen molar-refractivity contribution in [2.45, 2.75) is 51.4 Å². The summed E-state index contributed by atoms with van der Waals surface area (Å²) in [5, 5.41) is 9.09. The molecule has 1 aromatic rings. The average Bonchev–Trinajstić information content (AvgIpc) is 2.93. The van der Waals surface area contributed by atoms with Crippen LogP contribution in [0, 0.1) is 16.7 Å². The summed E-state index contributed by atoms with van der Waals surface area (Å²) in [5.41, 5.74) is 6.94. The Hall–Kier alpha value is -1.93. The number of amides is 1. The van der Waals surface area contributed by atoms with E-state index in [1.807, 2.05) is 50.2 Å². The molecule has 1 heterocycles. The van der Waals surface area contributed by atoms with Crippen LogP contribution in [0.2, 0.25) is 0 Å². The van der Waals surface area contributed by atoms with E-state index in [0.717, 1.165) is 12.8 Å². The molecule has 1 saturated heterocycles. The Morgan fingerprint density at radius 2 is 2.13 bits per heavy atom. The summed E-state index contributed by atoms with van der Waals surface area (Å²) < 4.78 is 13.5. The van der Waals surface area contributed by atoms with Gasteiger partial charge >= 0.3 is 0 Å². The van der Waals surface area contributed by atoms with E-state index in [4.69, 9.17) is 11.0 Å². The van der Waals surface area contributed by atoms with Crippen LogP contribution >= 0.6 is 0 Å². The van der Waals surface area contributed by atoms with Crippen molar-refractivity contribution in [3.8, 4) is 6.07 Å². The van der Waals surface area contributed by atoms with Gasteiger partial charge in [0.05, 0.1) is 18.7 Å². The first kappa shape index (κ1) is 17.4. The molecule has 0 aromatic heterocycles. The van der Waals surface area contributed by atoms with E-state index < -0.39 is 23.7 Å². The molecule has 1 aliphatic heterocycles. The Morgan fingerprint density at radius 3 is 2.74 bits per heavy atom. The SMILES string of the molecule is CC(C)(CCc1ccccc1)[C@H](N)C(=O)N1C[C@@H](F)C[C@H]1C#N. The third-order valence-electron chi connectivity index (χ3n) is 4.69. The lowest BCUT2D eigenvalue weighted by Crippen LogP contribution is -2.52. The topological polar surface area (TPSA) is 70.1 Å². The van der Waals surface area contributed by atoms with Crippen molar-refractivity contribution in [3.05, 3.63) is 35.9 Å². The molecule has 1 aromatic carbocycles. The first-order valence-electron chi connectivity index (χ1n) is 7.99. The molecule has 0 unspecified atom stereocenters. The second-order valence-electron chi connectivity index (χ2n) is 6.92. The Labute approximate surface area is 137 Å². The van der Waals surface area contributed by atoms with Crippen LogP contribution in [0.25, 0.3) is 0 Å². The maximum absolute atomic E-state index is 13.5. The molecule has 1 aliphatic rings. The molecule has 0 aliphatic carbocycles. The molecule has 0 radical (unpaired) electrons. The standard InChI is InChI=1S/C18H24FN3O/c1-18(2,9-8-13-6-4-3-5-7-13)16(21)17(23)22-12-14(19)10-15(22)11-20/h3-7,14-16H,8-10,12,21H2,1-2H3/t14-,15-,16+/m0/s1. The number of hydrogen-bond donors (Lipinski definition) is 1. The van der Waals surface area contributed by atoms with Crippen molar-refractivity contribution in [1.29, 1.82) is 5.26 Å². The third kappa shape index (κ3) is 4.08. The van der Waals surface area contributed by atoms with Crippen LogP contribution in [0.4, 0.5) is 4.39 Å². The van der Waals surface area contributed by atoms with Crippen LogP contribution in [0.15, 0.2) is 30.3 Å². The Bertz CT molecular complexity index is 582. The minimum absolute atomic E-state index is 0.0282. The number of carbonyl (C=O) groups excluding carboxylic acids is 1. The van der Waals surface area contributed by atoms with E-state index in [1.54, 1.807) is 0 Å². The summed E-state index contributed by atoms with van der Waals surface area (Å²) in [6.07, 6.45) is 0.513. The van der Waals surface area contributed by atoms with Gasteiger partial charge in [0.25, 0.3) is 0 Å². The quantitative estimate of drug-likeness (QED) is 0.907. The number of alkyl halides is 1. The molecule has 0 bridgehead atoms. The molecule has 2 N–H and O–H groups in total. The van der Waals surface area contributed by atoms with Gasteiger partial charge in [-0.05, 0) is 23.8 Å². The molecule has 0 saturated carbocycles. The average molecular weight is 317 g/mol. The maximum atomic E-state index is 13.5. The van der Waals surface area contributed by atoms with Crippen molar-refractivity contribution >= 4 is 5.91 Å². The normalized spacial score (nSPS) is 22.7. The molecule has 1 amide bonds. The van der Waals surface area contributed by atoms with Crippen molar-refractivity contribution in [1.82, 2.24) is 4.90 Å². The van der Waals surface area contributed by atoms with E-state index in [-0.39, 0.29) is 18.9 Å². The molecule has 3 atom stereocenters. The van der Waals surface area contributed by atoms with Crippen molar-refractivity contribution < 1.29 is 9.18 Å². The van der Waals surface area contributed by atoms with E-state index in [9.17, 15) is 9.18 Å². The lowest BCUT2D eigenvalue weighted by Gasteiger charge is -2.34. The Balaban J connectivity index is 2.01. The largest absolute Gasteiger partial charge is 0.322 e. The number of benzene rings is 1. The summed E-state index contributed by atoms with van der Waals surface area (Å²) in [6, 6.07) is 10.6. The monoisotopic (exact) mass is 317 g/mol. The van der Waals surface area contributed by atoms with Gasteiger partial charge in [0.1, 0.15) is 12.2 Å². The van der Waals surface area contributed by atoms with E-state index in [0.29, 0.717) is 0 Å². The van der Waals surface area contributed by atoms with Gasteiger partial charge < -0.3 is 10.6 Å². The van der Waals surface area contributed by atoms with Gasteiger partial charge in [0.15, 0.2) is 0 Å². The van der Waals surface area contributed by atoms with Crippen molar-refractivity contribution in [2.75, 3.05) is 6.54 Å². The van der Waals surface area contributed by atoms with Crippen LogP contribution < -0.4 is 5.73 Å². The van der Waals surface area contributed by atoms with Gasteiger partial charge in [0.2, 0.25) is 5.91 Å². The summed E-state index contributed by atoms with van der Waals surface area (Å²) in [4.78, 5) is 13.9. The number of hydrogen-bond acceptors (Lipinski definition) is 3. The van der Waals surface area contributed by atoms with Crippen molar-refractivity contribution in [2.24, 2.45) is 11.1 Å². The molecule has 1 fully saturated rings. The van der Waals surface area contributed by atoms with Crippen molar-refractivity contribution in [3.63, 3.8) is 0 Å². The molecular formula is C18H24FN3O. The van der Waals surface area contributed by atoms with E-state index >= 15 is 0 Å². The fraction of sp³-hybridized carbons (Fsp3) is 0.556. The van der Waals surface area contributed by atoms with Crippen LogP contribution in [0.5, 0.6) is 0 Å². The first-order valence-corrected chi connectivity index (χ1v) is 7.99. The Morgan fingerprint density at radius 1 is 1.48 bits per heavy atom. The zero-order valence-corrected chi connectivity index (χ0v) is 13.7. The number of aryl methyl sites for hydroxylation is 1. The summed E-state index contributed by atoms with van der Waals surface area (Å²) in [5.74, 6) is -0.324. The number of halogens is 1. The smallest absolute Gasteiger partial charge is 0.241 e. The Kier molecular flexibility index (Phi) is 5.38. The predicted molar refractivity (Wildman–Crippen MR) is 87.1 cm³/mol. The zero-order chi connectivity index (χ0) is 17.0. The van der Waals surface area contributed by atoms with Gasteiger partial charge in [-0.15, -0.1) is 0 Å². The maximum Gasteiger partial charge on any atom is 0.241 e. The second-order valence-corrected chi connectivity index (χ2v) is 6.92. The first-order chi connectivity index (χ1) is 10.8. The minimum atomic E-state index is -1.14. The highest BCUT2D eigenvalue weighted by molar-refractivity contribution is 5.83. The zero-order valence-electron chi connectivity index (χ0n) is 13.7. The fourth-order valence-electron chi connectivity index (χ4n) is 2.93. The molecule has 23 heavy (non-hydrogen) atoms. The highest BCUT2D eigenvalue weighted by atomic mass is 19.1. The molecule has 2 rings (SSSR count). The molecule has 124 valence electrons. The second kappa shape index (κ2) is 7.10. The van der Waals surface area contributed by atoms with Gasteiger partial charge in [-0.25, -0.2) is 4.39 Å². The molecular weight excluding hydrogens is 293 g/mol. The molecule has 4 nitrogen and oxygen atoms in total. The van der Waals surface area contributed by atoms with Gasteiger partial charge in [-0.3, -0.25) is 4.79 Å².